The predicted molar refractivity (Wildman–Crippen MR) is 175 cm³/mol. The summed E-state index contributed by atoms with van der Waals surface area (Å²) in [7, 11) is 0. The molecule has 1 N–H and O–H groups in total. The highest BCUT2D eigenvalue weighted by atomic mass is 35.5. The van der Waals surface area contributed by atoms with Crippen molar-refractivity contribution in [2.75, 3.05) is 24.6 Å². The minimum atomic E-state index is -0.854. The van der Waals surface area contributed by atoms with E-state index in [2.05, 4.69) is 39.5 Å². The molecule has 0 bridgehead atoms. The van der Waals surface area contributed by atoms with E-state index < -0.39 is 11.9 Å². The molecule has 1 atom stereocenters. The van der Waals surface area contributed by atoms with Crippen molar-refractivity contribution in [1.29, 1.82) is 0 Å². The first-order valence-corrected chi connectivity index (χ1v) is 15.8. The van der Waals surface area contributed by atoms with Gasteiger partial charge in [0.05, 0.1) is 18.2 Å². The van der Waals surface area contributed by atoms with Gasteiger partial charge in [0.15, 0.2) is 0 Å². The Hall–Kier alpha value is -2.89. The number of benzene rings is 3. The molecule has 228 valence electrons. The quantitative estimate of drug-likeness (QED) is 0.164. The van der Waals surface area contributed by atoms with Crippen molar-refractivity contribution < 1.29 is 19.4 Å². The van der Waals surface area contributed by atoms with Crippen LogP contribution in [0.25, 0.3) is 0 Å². The molecule has 0 heterocycles. The maximum Gasteiger partial charge on any atom is 0.311 e. The van der Waals surface area contributed by atoms with Crippen LogP contribution in [-0.2, 0) is 17.8 Å². The molecular weight excluding hydrogens is 569 g/mol. The molecule has 0 amide bonds. The number of hydrogen-bond acceptors (Lipinski definition) is 4. The molecule has 3 aromatic rings. The molecule has 0 fully saturated rings. The zero-order valence-electron chi connectivity index (χ0n) is 25.5. The fourth-order valence-electron chi connectivity index (χ4n) is 5.03. The van der Waals surface area contributed by atoms with E-state index >= 15 is 0 Å². The summed E-state index contributed by atoms with van der Waals surface area (Å²) in [5.74, 6) is 0.922. The van der Waals surface area contributed by atoms with Crippen LogP contribution >= 0.6 is 23.2 Å². The maximum atomic E-state index is 12.6. The van der Waals surface area contributed by atoms with Crippen molar-refractivity contribution in [2.24, 2.45) is 11.8 Å². The van der Waals surface area contributed by atoms with E-state index in [4.69, 9.17) is 32.7 Å². The lowest BCUT2D eigenvalue weighted by atomic mass is 9.91. The largest absolute Gasteiger partial charge is 0.491 e. The highest BCUT2D eigenvalue weighted by molar-refractivity contribution is 6.35. The third-order valence-corrected chi connectivity index (χ3v) is 8.22. The lowest BCUT2D eigenvalue weighted by Gasteiger charge is -2.32. The van der Waals surface area contributed by atoms with Crippen LogP contribution in [-0.4, -0.2) is 30.8 Å². The maximum absolute atomic E-state index is 12.6. The van der Waals surface area contributed by atoms with Crippen molar-refractivity contribution >= 4 is 34.9 Å². The molecule has 3 rings (SSSR count). The first-order chi connectivity index (χ1) is 20.2. The molecule has 0 saturated heterocycles. The molecule has 3 aromatic carbocycles. The Bertz CT molecular complexity index is 1250. The van der Waals surface area contributed by atoms with E-state index in [9.17, 15) is 9.90 Å². The van der Waals surface area contributed by atoms with Crippen LogP contribution in [0.2, 0.25) is 10.0 Å². The average Bonchev–Trinajstić information content (AvgIpc) is 2.97. The van der Waals surface area contributed by atoms with Crippen LogP contribution in [0, 0.1) is 11.8 Å². The molecular formula is C35H45Cl2NO4. The molecule has 0 aliphatic heterocycles. The van der Waals surface area contributed by atoms with Crippen molar-refractivity contribution in [3.63, 3.8) is 0 Å². The van der Waals surface area contributed by atoms with Crippen molar-refractivity contribution in [3.05, 3.63) is 87.4 Å². The van der Waals surface area contributed by atoms with Crippen LogP contribution in [0.3, 0.4) is 0 Å². The van der Waals surface area contributed by atoms with Gasteiger partial charge in [0.25, 0.3) is 0 Å². The highest BCUT2D eigenvalue weighted by Crippen LogP contribution is 2.35. The smallest absolute Gasteiger partial charge is 0.311 e. The van der Waals surface area contributed by atoms with Gasteiger partial charge >= 0.3 is 5.97 Å². The second-order valence-corrected chi connectivity index (χ2v) is 12.1. The number of ether oxygens (including phenoxy) is 2. The van der Waals surface area contributed by atoms with Gasteiger partial charge < -0.3 is 19.5 Å². The summed E-state index contributed by atoms with van der Waals surface area (Å²) >= 11 is 12.5. The van der Waals surface area contributed by atoms with E-state index in [0.29, 0.717) is 40.7 Å². The fraction of sp³-hybridized carbons (Fsp3) is 0.457. The number of carboxylic acid groups (broad SMARTS) is 1. The summed E-state index contributed by atoms with van der Waals surface area (Å²) < 4.78 is 12.1. The van der Waals surface area contributed by atoms with E-state index in [1.807, 2.05) is 42.5 Å². The van der Waals surface area contributed by atoms with Gasteiger partial charge in [-0.1, -0.05) is 94.9 Å². The summed E-state index contributed by atoms with van der Waals surface area (Å²) in [6.07, 6.45) is 3.45. The number of aliphatic carboxylic acids is 1. The van der Waals surface area contributed by atoms with Gasteiger partial charge in [0.2, 0.25) is 0 Å². The second-order valence-electron chi connectivity index (χ2n) is 11.3. The molecule has 0 spiro atoms. The molecule has 0 aliphatic rings. The third kappa shape index (κ3) is 9.57. The van der Waals surface area contributed by atoms with Crippen LogP contribution in [0.1, 0.15) is 76.5 Å². The number of hydrogen-bond donors (Lipinski definition) is 1. The van der Waals surface area contributed by atoms with Crippen LogP contribution in [0.4, 0.5) is 5.69 Å². The van der Waals surface area contributed by atoms with Crippen LogP contribution in [0.5, 0.6) is 11.5 Å². The number of anilines is 1. The summed E-state index contributed by atoms with van der Waals surface area (Å²) in [4.78, 5) is 15.0. The van der Waals surface area contributed by atoms with Gasteiger partial charge in [-0.2, -0.15) is 0 Å². The van der Waals surface area contributed by atoms with E-state index in [1.54, 1.807) is 18.2 Å². The van der Waals surface area contributed by atoms with Crippen LogP contribution < -0.4 is 14.4 Å². The minimum Gasteiger partial charge on any atom is -0.491 e. The van der Waals surface area contributed by atoms with Crippen LogP contribution in [0.15, 0.2) is 60.7 Å². The molecule has 0 aromatic heterocycles. The second kappa shape index (κ2) is 16.7. The van der Waals surface area contributed by atoms with Crippen molar-refractivity contribution in [3.8, 4) is 11.5 Å². The number of rotatable bonds is 17. The lowest BCUT2D eigenvalue weighted by molar-refractivity contribution is -0.138. The molecule has 0 radical (unpaired) electrons. The lowest BCUT2D eigenvalue weighted by Crippen LogP contribution is -2.33. The highest BCUT2D eigenvalue weighted by Gasteiger charge is 2.24. The zero-order valence-corrected chi connectivity index (χ0v) is 27.0. The molecule has 0 aliphatic carbocycles. The van der Waals surface area contributed by atoms with Gasteiger partial charge in [-0.3, -0.25) is 4.79 Å². The predicted octanol–water partition coefficient (Wildman–Crippen LogP) is 9.67. The monoisotopic (exact) mass is 613 g/mol. The normalized spacial score (nSPS) is 12.0. The van der Waals surface area contributed by atoms with Gasteiger partial charge in [0.1, 0.15) is 18.1 Å². The number of halogens is 2. The molecule has 7 heteroatoms. The van der Waals surface area contributed by atoms with Crippen molar-refractivity contribution in [1.82, 2.24) is 0 Å². The molecule has 42 heavy (non-hydrogen) atoms. The molecule has 1 unspecified atom stereocenters. The Balaban J connectivity index is 1.85. The Morgan fingerprint density at radius 3 is 2.14 bits per heavy atom. The summed E-state index contributed by atoms with van der Waals surface area (Å²) in [6, 6.07) is 18.8. The molecule has 0 saturated carbocycles. The Kier molecular flexibility index (Phi) is 13.3. The SMILES string of the molecule is CCCOc1ccc(C(Cc2ccc(OCc3c(Cl)cccc3Cl)cc2)C(=O)O)cc1N(CC(C)C)CC(CC)CC. The summed E-state index contributed by atoms with van der Waals surface area (Å²) in [6.45, 7) is 13.6. The number of carbonyl (C=O) groups is 1. The van der Waals surface area contributed by atoms with Crippen molar-refractivity contribution in [2.45, 2.75) is 72.8 Å². The first kappa shape index (κ1) is 33.6. The summed E-state index contributed by atoms with van der Waals surface area (Å²) in [5.41, 5.74) is 3.39. The van der Waals surface area contributed by atoms with Gasteiger partial charge in [-0.25, -0.2) is 0 Å². The number of nitrogens with zero attached hydrogens (tertiary/aromatic N) is 1. The average molecular weight is 615 g/mol. The Morgan fingerprint density at radius 2 is 1.57 bits per heavy atom. The first-order valence-electron chi connectivity index (χ1n) is 15.1. The van der Waals surface area contributed by atoms with E-state index in [1.165, 1.54) is 0 Å². The van der Waals surface area contributed by atoms with Gasteiger partial charge in [-0.05, 0) is 72.2 Å². The number of carboxylic acids is 1. The topological polar surface area (TPSA) is 59.0 Å². The standard InChI is InChI=1S/C35H45Cl2NO4/c1-6-18-41-34-17-14-27(20-33(34)38(21-24(4)5)22-25(7-2)8-3)29(35(39)40)19-26-12-15-28(16-13-26)42-23-30-31(36)10-9-11-32(30)37/h9-17,20,24-25,29H,6-8,18-19,21-23H2,1-5H3,(H,39,40). The molecule has 5 nitrogen and oxygen atoms in total. The van der Waals surface area contributed by atoms with Gasteiger partial charge in [0, 0.05) is 28.7 Å². The fourth-order valence-corrected chi connectivity index (χ4v) is 5.54. The Morgan fingerprint density at radius 1 is 0.905 bits per heavy atom. The third-order valence-electron chi connectivity index (χ3n) is 7.51. The Labute approximate surface area is 261 Å². The summed E-state index contributed by atoms with van der Waals surface area (Å²) in [5, 5.41) is 11.4. The van der Waals surface area contributed by atoms with E-state index in [-0.39, 0.29) is 6.61 Å². The minimum absolute atomic E-state index is 0.245. The van der Waals surface area contributed by atoms with E-state index in [0.717, 1.165) is 60.5 Å². The zero-order chi connectivity index (χ0) is 30.6. The van der Waals surface area contributed by atoms with Gasteiger partial charge in [-0.15, -0.1) is 0 Å².